The summed E-state index contributed by atoms with van der Waals surface area (Å²) < 4.78 is 18.6. The van der Waals surface area contributed by atoms with Gasteiger partial charge in [-0.3, -0.25) is 14.6 Å². The summed E-state index contributed by atoms with van der Waals surface area (Å²) >= 11 is 0. The number of benzene rings is 3. The molecule has 2 aliphatic rings. The summed E-state index contributed by atoms with van der Waals surface area (Å²) in [4.78, 5) is 22.1. The van der Waals surface area contributed by atoms with Gasteiger partial charge < -0.3 is 9.84 Å². The summed E-state index contributed by atoms with van der Waals surface area (Å²) in [6.45, 7) is 5.64. The average molecular weight is 540 g/mol. The molecular weight excluding hydrogens is 505 g/mol. The number of piperidine rings is 1. The summed E-state index contributed by atoms with van der Waals surface area (Å²) in [7, 11) is 0. The van der Waals surface area contributed by atoms with Gasteiger partial charge >= 0.3 is 0 Å². The number of nitrogens with zero attached hydrogens (tertiary/aromatic N) is 4. The Bertz CT molecular complexity index is 1450. The molecule has 1 amide bonds. The van der Waals surface area contributed by atoms with Gasteiger partial charge in [0, 0.05) is 37.7 Å². The van der Waals surface area contributed by atoms with Crippen LogP contribution in [0, 0.1) is 11.7 Å². The highest BCUT2D eigenvalue weighted by molar-refractivity contribution is 5.78. The normalized spacial score (nSPS) is 16.5. The second kappa shape index (κ2) is 12.1. The molecule has 40 heavy (non-hydrogen) atoms. The number of fused-ring (bicyclic) bond motifs is 1. The van der Waals surface area contributed by atoms with Gasteiger partial charge in [-0.25, -0.2) is 4.39 Å². The number of amides is 1. The SMILES string of the molecule is O=C(NCc1cccc(CN2CCc3ccccc3C2)c1)C1CCN(Cc2nc(-c3ccc(F)cc3)no2)CC1. The van der Waals surface area contributed by atoms with Gasteiger partial charge in [-0.2, -0.15) is 4.98 Å². The molecule has 3 aromatic carbocycles. The van der Waals surface area contributed by atoms with Crippen molar-refractivity contribution in [3.8, 4) is 11.4 Å². The molecule has 8 heteroatoms. The van der Waals surface area contributed by atoms with Gasteiger partial charge in [-0.15, -0.1) is 0 Å². The first-order chi connectivity index (χ1) is 19.6. The fourth-order valence-electron chi connectivity index (χ4n) is 5.70. The van der Waals surface area contributed by atoms with E-state index in [2.05, 4.69) is 73.8 Å². The molecular formula is C32H34FN5O2. The number of aromatic nitrogens is 2. The predicted octanol–water partition coefficient (Wildman–Crippen LogP) is 4.96. The van der Waals surface area contributed by atoms with Crippen LogP contribution in [0.3, 0.4) is 0 Å². The average Bonchev–Trinajstić information content (AvgIpc) is 3.45. The van der Waals surface area contributed by atoms with E-state index in [9.17, 15) is 9.18 Å². The topological polar surface area (TPSA) is 74.5 Å². The Kier molecular flexibility index (Phi) is 7.97. The third kappa shape index (κ3) is 6.46. The third-order valence-electron chi connectivity index (χ3n) is 7.96. The molecule has 206 valence electrons. The maximum atomic E-state index is 13.2. The quantitative estimate of drug-likeness (QED) is 0.341. The van der Waals surface area contributed by atoms with Crippen LogP contribution in [0.5, 0.6) is 0 Å². The Morgan fingerprint density at radius 2 is 1.68 bits per heavy atom. The fourth-order valence-corrected chi connectivity index (χ4v) is 5.70. The number of likely N-dealkylation sites (tertiary alicyclic amines) is 1. The molecule has 0 spiro atoms. The second-order valence-corrected chi connectivity index (χ2v) is 10.8. The number of halogens is 1. The van der Waals surface area contributed by atoms with Crippen LogP contribution < -0.4 is 5.32 Å². The molecule has 1 saturated heterocycles. The Balaban J connectivity index is 0.949. The number of rotatable bonds is 8. The van der Waals surface area contributed by atoms with E-state index in [-0.39, 0.29) is 17.6 Å². The lowest BCUT2D eigenvalue weighted by Gasteiger charge is -2.30. The van der Waals surface area contributed by atoms with Crippen molar-refractivity contribution in [1.82, 2.24) is 25.3 Å². The van der Waals surface area contributed by atoms with Gasteiger partial charge in [0.25, 0.3) is 0 Å². The molecule has 0 aliphatic carbocycles. The molecule has 0 atom stereocenters. The second-order valence-electron chi connectivity index (χ2n) is 10.8. The summed E-state index contributed by atoms with van der Waals surface area (Å²) in [6, 6.07) is 23.3. The van der Waals surface area contributed by atoms with Crippen LogP contribution in [-0.4, -0.2) is 45.5 Å². The first-order valence-electron chi connectivity index (χ1n) is 14.0. The molecule has 4 aromatic rings. The highest BCUT2D eigenvalue weighted by atomic mass is 19.1. The van der Waals surface area contributed by atoms with E-state index >= 15 is 0 Å². The maximum Gasteiger partial charge on any atom is 0.241 e. The van der Waals surface area contributed by atoms with E-state index < -0.39 is 0 Å². The molecule has 1 aromatic heterocycles. The summed E-state index contributed by atoms with van der Waals surface area (Å²) in [5.74, 6) is 0.803. The van der Waals surface area contributed by atoms with Gasteiger partial charge in [0.2, 0.25) is 17.6 Å². The zero-order chi connectivity index (χ0) is 27.3. The molecule has 3 heterocycles. The molecule has 6 rings (SSSR count). The highest BCUT2D eigenvalue weighted by Crippen LogP contribution is 2.22. The van der Waals surface area contributed by atoms with Crippen LogP contribution in [0.25, 0.3) is 11.4 Å². The fraction of sp³-hybridized carbons (Fsp3) is 0.344. The van der Waals surface area contributed by atoms with Crippen LogP contribution in [0.15, 0.2) is 77.3 Å². The third-order valence-corrected chi connectivity index (χ3v) is 7.96. The van der Waals surface area contributed by atoms with Crippen LogP contribution >= 0.6 is 0 Å². The van der Waals surface area contributed by atoms with E-state index in [0.717, 1.165) is 63.1 Å². The summed E-state index contributed by atoms with van der Waals surface area (Å²) in [6.07, 6.45) is 2.68. The van der Waals surface area contributed by atoms with Gasteiger partial charge in [0.1, 0.15) is 5.82 Å². The molecule has 7 nitrogen and oxygen atoms in total. The van der Waals surface area contributed by atoms with Gasteiger partial charge in [0.05, 0.1) is 6.54 Å². The minimum absolute atomic E-state index is 0.00492. The van der Waals surface area contributed by atoms with Crippen molar-refractivity contribution in [2.45, 2.75) is 45.4 Å². The van der Waals surface area contributed by atoms with Crippen LogP contribution in [0.1, 0.15) is 41.0 Å². The van der Waals surface area contributed by atoms with Crippen LogP contribution in [-0.2, 0) is 37.4 Å². The van der Waals surface area contributed by atoms with Crippen molar-refractivity contribution >= 4 is 5.91 Å². The highest BCUT2D eigenvalue weighted by Gasteiger charge is 2.26. The number of hydrogen-bond donors (Lipinski definition) is 1. The minimum atomic E-state index is -0.299. The number of nitrogens with one attached hydrogen (secondary N) is 1. The molecule has 0 radical (unpaired) electrons. The lowest BCUT2D eigenvalue weighted by Crippen LogP contribution is -2.40. The number of hydrogen-bond acceptors (Lipinski definition) is 6. The van der Waals surface area contributed by atoms with Crippen molar-refractivity contribution in [3.63, 3.8) is 0 Å². The molecule has 1 N–H and O–H groups in total. The lowest BCUT2D eigenvalue weighted by atomic mass is 9.95. The first kappa shape index (κ1) is 26.3. The van der Waals surface area contributed by atoms with Crippen molar-refractivity contribution in [2.24, 2.45) is 5.92 Å². The Labute approximate surface area is 234 Å². The van der Waals surface area contributed by atoms with E-state index in [1.165, 1.54) is 28.8 Å². The molecule has 0 saturated carbocycles. The van der Waals surface area contributed by atoms with E-state index in [1.807, 2.05) is 0 Å². The molecule has 0 unspecified atom stereocenters. The van der Waals surface area contributed by atoms with E-state index in [4.69, 9.17) is 4.52 Å². The Morgan fingerprint density at radius 3 is 2.50 bits per heavy atom. The van der Waals surface area contributed by atoms with Gasteiger partial charge in [0.15, 0.2) is 0 Å². The van der Waals surface area contributed by atoms with E-state index in [1.54, 1.807) is 12.1 Å². The Morgan fingerprint density at radius 1 is 0.900 bits per heavy atom. The standard InChI is InChI=1S/C32H34FN5O2/c33-29-10-8-26(9-11-29)31-35-30(40-36-31)22-37-15-13-27(14-16-37)32(39)34-19-23-4-3-5-24(18-23)20-38-17-12-25-6-1-2-7-28(25)21-38/h1-11,18,27H,12-17,19-22H2,(H,34,39). The largest absolute Gasteiger partial charge is 0.352 e. The first-order valence-corrected chi connectivity index (χ1v) is 14.0. The number of carbonyl (C=O) groups excluding carboxylic acids is 1. The smallest absolute Gasteiger partial charge is 0.241 e. The maximum absolute atomic E-state index is 13.2. The molecule has 2 aliphatic heterocycles. The zero-order valence-electron chi connectivity index (χ0n) is 22.6. The van der Waals surface area contributed by atoms with Gasteiger partial charge in [-0.05, 0) is 78.9 Å². The molecule has 1 fully saturated rings. The zero-order valence-corrected chi connectivity index (χ0v) is 22.6. The van der Waals surface area contributed by atoms with Crippen molar-refractivity contribution in [1.29, 1.82) is 0 Å². The number of carbonyl (C=O) groups is 1. The lowest BCUT2D eigenvalue weighted by molar-refractivity contribution is -0.126. The van der Waals surface area contributed by atoms with Crippen molar-refractivity contribution in [2.75, 3.05) is 19.6 Å². The van der Waals surface area contributed by atoms with Crippen molar-refractivity contribution in [3.05, 3.63) is 107 Å². The van der Waals surface area contributed by atoms with Crippen LogP contribution in [0.2, 0.25) is 0 Å². The van der Waals surface area contributed by atoms with Crippen molar-refractivity contribution < 1.29 is 13.7 Å². The van der Waals surface area contributed by atoms with E-state index in [0.29, 0.717) is 24.8 Å². The van der Waals surface area contributed by atoms with Gasteiger partial charge in [-0.1, -0.05) is 53.7 Å². The predicted molar refractivity (Wildman–Crippen MR) is 150 cm³/mol. The Hall–Kier alpha value is -3.88. The summed E-state index contributed by atoms with van der Waals surface area (Å²) in [5.41, 5.74) is 6.02. The minimum Gasteiger partial charge on any atom is -0.352 e. The molecule has 0 bridgehead atoms. The monoisotopic (exact) mass is 539 g/mol. The van der Waals surface area contributed by atoms with Crippen LogP contribution in [0.4, 0.5) is 4.39 Å². The summed E-state index contributed by atoms with van der Waals surface area (Å²) in [5, 5.41) is 7.19.